The lowest BCUT2D eigenvalue weighted by molar-refractivity contribution is -0.121. The van der Waals surface area contributed by atoms with E-state index in [9.17, 15) is 9.59 Å². The van der Waals surface area contributed by atoms with Crippen LogP contribution in [0, 0.1) is 0 Å². The number of fused-ring (bicyclic) bond motifs is 1. The lowest BCUT2D eigenvalue weighted by Gasteiger charge is -2.25. The van der Waals surface area contributed by atoms with Crippen LogP contribution in [0.5, 0.6) is 0 Å². The second-order valence-corrected chi connectivity index (χ2v) is 4.72. The molecule has 0 saturated carbocycles. The number of benzene rings is 1. The second-order valence-electron chi connectivity index (χ2n) is 4.72. The largest absolute Gasteiger partial charge is 0.398 e. The van der Waals surface area contributed by atoms with Crippen LogP contribution in [0.1, 0.15) is 42.6 Å². The Morgan fingerprint density at radius 1 is 1.50 bits per heavy atom. The molecule has 1 atom stereocenters. The topological polar surface area (TPSA) is 63.4 Å². The molecule has 2 rings (SSSR count). The normalized spacial score (nSPS) is 15.7. The Hall–Kier alpha value is -1.84. The minimum Gasteiger partial charge on any atom is -0.398 e. The van der Waals surface area contributed by atoms with E-state index >= 15 is 0 Å². The predicted molar refractivity (Wildman–Crippen MR) is 70.1 cm³/mol. The fraction of sp³-hybridized carbons (Fsp3) is 0.429. The molecular formula is C14H18N2O2. The van der Waals surface area contributed by atoms with Crippen molar-refractivity contribution < 1.29 is 9.59 Å². The first-order valence-corrected chi connectivity index (χ1v) is 6.25. The molecule has 1 heterocycles. The monoisotopic (exact) mass is 246 g/mol. The summed E-state index contributed by atoms with van der Waals surface area (Å²) in [5, 5.41) is 0. The van der Waals surface area contributed by atoms with Crippen LogP contribution in [-0.2, 0) is 11.3 Å². The maximum absolute atomic E-state index is 12.3. The number of carbonyl (C=O) groups is 2. The summed E-state index contributed by atoms with van der Waals surface area (Å²) in [5.74, 6) is -0.0393. The van der Waals surface area contributed by atoms with Crippen LogP contribution in [0.4, 0.5) is 5.69 Å². The maximum atomic E-state index is 12.3. The number of amides is 1. The average molecular weight is 246 g/mol. The van der Waals surface area contributed by atoms with Crippen LogP contribution < -0.4 is 5.73 Å². The van der Waals surface area contributed by atoms with Gasteiger partial charge in [0, 0.05) is 23.4 Å². The molecule has 1 unspecified atom stereocenters. The molecule has 18 heavy (non-hydrogen) atoms. The van der Waals surface area contributed by atoms with Gasteiger partial charge in [0.15, 0.2) is 5.78 Å². The molecule has 0 fully saturated rings. The Labute approximate surface area is 107 Å². The lowest BCUT2D eigenvalue weighted by Crippen LogP contribution is -2.40. The number of ketones is 1. The lowest BCUT2D eigenvalue weighted by atomic mass is 10.1. The highest BCUT2D eigenvalue weighted by Gasteiger charge is 2.35. The van der Waals surface area contributed by atoms with Crippen molar-refractivity contribution in [1.29, 1.82) is 0 Å². The summed E-state index contributed by atoms with van der Waals surface area (Å²) in [4.78, 5) is 25.6. The van der Waals surface area contributed by atoms with Gasteiger partial charge in [-0.05, 0) is 25.5 Å². The molecule has 1 aliphatic heterocycles. The highest BCUT2D eigenvalue weighted by Crippen LogP contribution is 2.30. The zero-order valence-corrected chi connectivity index (χ0v) is 10.8. The Morgan fingerprint density at radius 2 is 2.22 bits per heavy atom. The summed E-state index contributed by atoms with van der Waals surface area (Å²) in [6.07, 6.45) is 1.58. The van der Waals surface area contributed by atoms with Crippen molar-refractivity contribution >= 4 is 17.4 Å². The molecule has 1 aromatic rings. The minimum atomic E-state index is -0.325. The first-order chi connectivity index (χ1) is 8.56. The molecule has 4 nitrogen and oxygen atoms in total. The summed E-state index contributed by atoms with van der Waals surface area (Å²) in [6.45, 7) is 4.00. The highest BCUT2D eigenvalue weighted by molar-refractivity contribution is 6.02. The Morgan fingerprint density at radius 3 is 2.78 bits per heavy atom. The Balaban J connectivity index is 2.33. The molecule has 2 N–H and O–H groups in total. The van der Waals surface area contributed by atoms with Gasteiger partial charge >= 0.3 is 0 Å². The Bertz CT molecular complexity index is 497. The van der Waals surface area contributed by atoms with Crippen LogP contribution in [-0.4, -0.2) is 22.6 Å². The van der Waals surface area contributed by atoms with Gasteiger partial charge in [-0.3, -0.25) is 9.59 Å². The Kier molecular flexibility index (Phi) is 3.36. The van der Waals surface area contributed by atoms with Gasteiger partial charge in [-0.1, -0.05) is 19.4 Å². The van der Waals surface area contributed by atoms with Crippen molar-refractivity contribution in [2.45, 2.75) is 39.3 Å². The van der Waals surface area contributed by atoms with E-state index < -0.39 is 0 Å². The van der Waals surface area contributed by atoms with E-state index in [4.69, 9.17) is 5.73 Å². The van der Waals surface area contributed by atoms with Gasteiger partial charge in [0.2, 0.25) is 0 Å². The van der Waals surface area contributed by atoms with Crippen LogP contribution in [0.3, 0.4) is 0 Å². The van der Waals surface area contributed by atoms with Gasteiger partial charge in [0.1, 0.15) is 0 Å². The SMILES string of the molecule is CCCC(C(C)=O)N1Cc2c(N)cccc2C1=O. The van der Waals surface area contributed by atoms with Gasteiger partial charge < -0.3 is 10.6 Å². The van der Waals surface area contributed by atoms with Gasteiger partial charge in [-0.15, -0.1) is 0 Å². The van der Waals surface area contributed by atoms with E-state index in [1.807, 2.05) is 6.92 Å². The van der Waals surface area contributed by atoms with Gasteiger partial charge in [-0.25, -0.2) is 0 Å². The second kappa shape index (κ2) is 4.80. The van der Waals surface area contributed by atoms with E-state index in [-0.39, 0.29) is 17.7 Å². The number of carbonyl (C=O) groups excluding carboxylic acids is 2. The summed E-state index contributed by atoms with van der Waals surface area (Å²) < 4.78 is 0. The fourth-order valence-electron chi connectivity index (χ4n) is 2.48. The molecule has 0 saturated heterocycles. The molecule has 96 valence electrons. The average Bonchev–Trinajstić information content (AvgIpc) is 2.65. The predicted octanol–water partition coefficient (Wildman–Crippen LogP) is 1.98. The van der Waals surface area contributed by atoms with Crippen LogP contribution in [0.25, 0.3) is 0 Å². The number of nitrogens with two attached hydrogens (primary N) is 1. The van der Waals surface area contributed by atoms with Gasteiger partial charge in [-0.2, -0.15) is 0 Å². The van der Waals surface area contributed by atoms with Crippen LogP contribution >= 0.6 is 0 Å². The van der Waals surface area contributed by atoms with Crippen molar-refractivity contribution in [3.8, 4) is 0 Å². The van der Waals surface area contributed by atoms with Gasteiger partial charge in [0.25, 0.3) is 5.91 Å². The first-order valence-electron chi connectivity index (χ1n) is 6.25. The number of hydrogen-bond acceptors (Lipinski definition) is 3. The number of hydrogen-bond donors (Lipinski definition) is 1. The number of nitrogens with zero attached hydrogens (tertiary/aromatic N) is 1. The van der Waals surface area contributed by atoms with Crippen LogP contribution in [0.15, 0.2) is 18.2 Å². The minimum absolute atomic E-state index is 0.0385. The van der Waals surface area contributed by atoms with Crippen molar-refractivity contribution in [1.82, 2.24) is 4.90 Å². The standard InChI is InChI=1S/C14H18N2O2/c1-3-5-13(9(2)17)16-8-11-10(14(16)18)6-4-7-12(11)15/h4,6-7,13H,3,5,8,15H2,1-2H3. The number of anilines is 1. The van der Waals surface area contributed by atoms with E-state index in [1.54, 1.807) is 30.0 Å². The van der Waals surface area contributed by atoms with Crippen molar-refractivity contribution in [3.05, 3.63) is 29.3 Å². The van der Waals surface area contributed by atoms with Crippen molar-refractivity contribution in [2.75, 3.05) is 5.73 Å². The highest BCUT2D eigenvalue weighted by atomic mass is 16.2. The molecule has 0 aromatic heterocycles. The molecule has 1 amide bonds. The van der Waals surface area contributed by atoms with Gasteiger partial charge in [0.05, 0.1) is 6.04 Å². The molecule has 0 radical (unpaired) electrons. The van der Waals surface area contributed by atoms with E-state index in [0.717, 1.165) is 12.0 Å². The van der Waals surface area contributed by atoms with Crippen molar-refractivity contribution in [2.24, 2.45) is 0 Å². The van der Waals surface area contributed by atoms with Crippen LogP contribution in [0.2, 0.25) is 0 Å². The van der Waals surface area contributed by atoms with E-state index in [2.05, 4.69) is 0 Å². The maximum Gasteiger partial charge on any atom is 0.255 e. The fourth-order valence-corrected chi connectivity index (χ4v) is 2.48. The third-order valence-corrected chi connectivity index (χ3v) is 3.44. The first kappa shape index (κ1) is 12.6. The molecular weight excluding hydrogens is 228 g/mol. The third kappa shape index (κ3) is 1.98. The summed E-state index contributed by atoms with van der Waals surface area (Å²) in [6, 6.07) is 5.02. The number of rotatable bonds is 4. The number of nitrogen functional groups attached to an aromatic ring is 1. The quantitative estimate of drug-likeness (QED) is 0.826. The molecule has 0 spiro atoms. The summed E-state index contributed by atoms with van der Waals surface area (Å²) in [5.41, 5.74) is 8.00. The molecule has 0 bridgehead atoms. The molecule has 4 heteroatoms. The zero-order chi connectivity index (χ0) is 13.3. The molecule has 1 aliphatic rings. The zero-order valence-electron chi connectivity index (χ0n) is 10.8. The summed E-state index contributed by atoms with van der Waals surface area (Å²) in [7, 11) is 0. The van der Waals surface area contributed by atoms with Crippen molar-refractivity contribution in [3.63, 3.8) is 0 Å². The molecule has 0 aliphatic carbocycles. The smallest absolute Gasteiger partial charge is 0.255 e. The van der Waals surface area contributed by atoms with E-state index in [0.29, 0.717) is 24.2 Å². The summed E-state index contributed by atoms with van der Waals surface area (Å²) >= 11 is 0. The molecule has 1 aromatic carbocycles. The van der Waals surface area contributed by atoms with E-state index in [1.165, 1.54) is 0 Å². The third-order valence-electron chi connectivity index (χ3n) is 3.44. The number of Topliss-reactive ketones (excluding diaryl/α,β-unsaturated/α-hetero) is 1.